The van der Waals surface area contributed by atoms with Crippen LogP contribution in [0.4, 0.5) is 11.6 Å². The Kier molecular flexibility index (Phi) is 9.62. The summed E-state index contributed by atoms with van der Waals surface area (Å²) >= 11 is 0. The number of hydrogen-bond acceptors (Lipinski definition) is 11. The molecule has 9 rings (SSSR count). The van der Waals surface area contributed by atoms with Gasteiger partial charge in [-0.05, 0) is 101 Å². The lowest BCUT2D eigenvalue weighted by Crippen LogP contribution is -2.54. The highest BCUT2D eigenvalue weighted by atomic mass is 16.5. The maximum atomic E-state index is 13.5. The van der Waals surface area contributed by atoms with Gasteiger partial charge in [-0.15, -0.1) is 0 Å². The SMILES string of the molecule is CCn1nc(C2CC2)cc1Nc1nc(COCCCCCc2cccc3c2C(=O)N(C2CCC(=O)NC2=O)C3=O)nc2[nH]c3cc(-c4c(C)noc4C)c(C)cc3c12. The first-order chi connectivity index (χ1) is 28.1. The summed E-state index contributed by atoms with van der Waals surface area (Å²) in [6, 6.07) is 10.7. The number of unbranched alkanes of at least 4 members (excludes halogenated alkanes) is 2. The predicted molar refractivity (Wildman–Crippen MR) is 215 cm³/mol. The van der Waals surface area contributed by atoms with Crippen LogP contribution in [0.3, 0.4) is 0 Å². The lowest BCUT2D eigenvalue weighted by atomic mass is 9.97. The highest BCUT2D eigenvalue weighted by molar-refractivity contribution is 6.24. The predicted octanol–water partition coefficient (Wildman–Crippen LogP) is 6.86. The summed E-state index contributed by atoms with van der Waals surface area (Å²) in [7, 11) is 0. The Balaban J connectivity index is 0.893. The molecule has 3 aliphatic rings. The Hall–Kier alpha value is -6.22. The number of ether oxygens (including phenoxy) is 1. The molecule has 0 bridgehead atoms. The normalized spacial score (nSPS) is 16.9. The molecular formula is C43H45N9O6. The monoisotopic (exact) mass is 783 g/mol. The number of piperidine rings is 1. The topological polar surface area (TPSA) is 190 Å². The van der Waals surface area contributed by atoms with Crippen LogP contribution in [-0.2, 0) is 33.9 Å². The summed E-state index contributed by atoms with van der Waals surface area (Å²) in [6.45, 7) is 9.47. The number of aromatic nitrogens is 6. The molecule has 0 radical (unpaired) electrons. The molecule has 4 amide bonds. The molecule has 15 nitrogen and oxygen atoms in total. The third-order valence-corrected chi connectivity index (χ3v) is 11.5. The summed E-state index contributed by atoms with van der Waals surface area (Å²) in [5.41, 5.74) is 8.11. The Bertz CT molecular complexity index is 2630. The number of nitrogens with zero attached hydrogens (tertiary/aromatic N) is 6. The number of H-pyrrole nitrogens is 1. The van der Waals surface area contributed by atoms with Gasteiger partial charge in [0.05, 0.1) is 27.9 Å². The fourth-order valence-electron chi connectivity index (χ4n) is 8.42. The van der Waals surface area contributed by atoms with E-state index < -0.39 is 29.7 Å². The van der Waals surface area contributed by atoms with Crippen LogP contribution in [0.5, 0.6) is 0 Å². The third-order valence-electron chi connectivity index (χ3n) is 11.5. The van der Waals surface area contributed by atoms with Crippen molar-refractivity contribution in [1.82, 2.24) is 40.1 Å². The summed E-state index contributed by atoms with van der Waals surface area (Å²) in [5, 5.41) is 16.8. The number of aromatic amines is 1. The molecule has 4 aromatic heterocycles. The summed E-state index contributed by atoms with van der Waals surface area (Å²) in [5.74, 6) is 1.39. The van der Waals surface area contributed by atoms with Crippen LogP contribution in [0, 0.1) is 20.8 Å². The second-order valence-corrected chi connectivity index (χ2v) is 15.6. The molecule has 15 heteroatoms. The zero-order valence-electron chi connectivity index (χ0n) is 33.0. The van der Waals surface area contributed by atoms with Crippen LogP contribution >= 0.6 is 0 Å². The van der Waals surface area contributed by atoms with Crippen molar-refractivity contribution in [2.45, 2.75) is 104 Å². The molecule has 2 fully saturated rings. The van der Waals surface area contributed by atoms with E-state index in [9.17, 15) is 19.2 Å². The van der Waals surface area contributed by atoms with Gasteiger partial charge >= 0.3 is 0 Å². The average Bonchev–Trinajstić information content (AvgIpc) is 3.66. The first-order valence-electron chi connectivity index (χ1n) is 20.1. The van der Waals surface area contributed by atoms with Crippen LogP contribution in [-0.4, -0.2) is 71.1 Å². The van der Waals surface area contributed by atoms with E-state index in [1.54, 1.807) is 12.1 Å². The van der Waals surface area contributed by atoms with Crippen LogP contribution in [0.25, 0.3) is 33.1 Å². The van der Waals surface area contributed by atoms with Crippen molar-refractivity contribution in [3.8, 4) is 11.1 Å². The van der Waals surface area contributed by atoms with E-state index in [0.29, 0.717) is 47.4 Å². The van der Waals surface area contributed by atoms with E-state index >= 15 is 0 Å². The van der Waals surface area contributed by atoms with Crippen LogP contribution in [0.1, 0.15) is 113 Å². The van der Waals surface area contributed by atoms with Gasteiger partial charge in [0.15, 0.2) is 5.82 Å². The average molecular weight is 784 g/mol. The molecule has 2 aliphatic heterocycles. The van der Waals surface area contributed by atoms with E-state index in [1.807, 2.05) is 24.6 Å². The minimum absolute atomic E-state index is 0.0820. The van der Waals surface area contributed by atoms with E-state index in [2.05, 4.69) is 52.8 Å². The summed E-state index contributed by atoms with van der Waals surface area (Å²) in [4.78, 5) is 65.4. The smallest absolute Gasteiger partial charge is 0.262 e. The Morgan fingerprint density at radius 3 is 2.55 bits per heavy atom. The Labute approximate surface area is 333 Å². The van der Waals surface area contributed by atoms with Crippen molar-refractivity contribution < 1.29 is 28.4 Å². The van der Waals surface area contributed by atoms with Crippen molar-refractivity contribution in [3.63, 3.8) is 0 Å². The maximum absolute atomic E-state index is 13.5. The van der Waals surface area contributed by atoms with E-state index in [1.165, 1.54) is 0 Å². The Morgan fingerprint density at radius 2 is 1.79 bits per heavy atom. The minimum Gasteiger partial charge on any atom is -0.373 e. The van der Waals surface area contributed by atoms with Gasteiger partial charge in [-0.1, -0.05) is 23.7 Å². The first kappa shape index (κ1) is 37.4. The van der Waals surface area contributed by atoms with Crippen molar-refractivity contribution in [3.05, 3.63) is 81.6 Å². The lowest BCUT2D eigenvalue weighted by molar-refractivity contribution is -0.136. The van der Waals surface area contributed by atoms with Crippen molar-refractivity contribution >= 4 is 57.2 Å². The third kappa shape index (κ3) is 6.72. The largest absolute Gasteiger partial charge is 0.373 e. The highest BCUT2D eigenvalue weighted by Crippen LogP contribution is 2.41. The molecule has 1 unspecified atom stereocenters. The van der Waals surface area contributed by atoms with Gasteiger partial charge in [-0.2, -0.15) is 5.10 Å². The van der Waals surface area contributed by atoms with Gasteiger partial charge < -0.3 is 19.6 Å². The second-order valence-electron chi connectivity index (χ2n) is 15.6. The fraction of sp³-hybridized carbons (Fsp3) is 0.395. The molecule has 58 heavy (non-hydrogen) atoms. The van der Waals surface area contributed by atoms with Gasteiger partial charge in [0.1, 0.15) is 35.7 Å². The zero-order valence-corrected chi connectivity index (χ0v) is 33.0. The number of imide groups is 2. The number of aryl methyl sites for hydroxylation is 5. The standard InChI is InChI=1S/C43H45N9O6/c1-5-51-34(20-30(49-51)25-13-14-25)47-40-38-29-18-22(2)28(36-23(3)50-58-24(36)4)19-31(29)44-39(38)45-33(46-40)21-57-17-8-6-7-10-26-11-9-12-27-37(26)43(56)52(42(27)55)32-15-16-35(53)48-41(32)54/h9,11-12,18-20,25,32H,5-8,10,13-17,21H2,1-4H3,(H,48,53,54)(H2,44,45,46,47). The molecule has 1 saturated heterocycles. The highest BCUT2D eigenvalue weighted by Gasteiger charge is 2.45. The molecule has 6 heterocycles. The molecule has 3 N–H and O–H groups in total. The van der Waals surface area contributed by atoms with E-state index in [0.717, 1.165) is 105 Å². The van der Waals surface area contributed by atoms with E-state index in [4.69, 9.17) is 24.3 Å². The summed E-state index contributed by atoms with van der Waals surface area (Å²) in [6.07, 6.45) is 5.49. The molecule has 1 atom stereocenters. The molecule has 1 aliphatic carbocycles. The zero-order chi connectivity index (χ0) is 40.2. The number of hydrogen-bond donors (Lipinski definition) is 3. The maximum Gasteiger partial charge on any atom is 0.262 e. The second kappa shape index (κ2) is 14.9. The fourth-order valence-corrected chi connectivity index (χ4v) is 8.42. The van der Waals surface area contributed by atoms with Gasteiger partial charge in [-0.3, -0.25) is 29.4 Å². The first-order valence-corrected chi connectivity index (χ1v) is 20.1. The van der Waals surface area contributed by atoms with E-state index in [-0.39, 0.29) is 19.4 Å². The number of benzene rings is 2. The van der Waals surface area contributed by atoms with Gasteiger partial charge in [0.2, 0.25) is 11.8 Å². The molecular weight excluding hydrogens is 739 g/mol. The number of fused-ring (bicyclic) bond motifs is 4. The molecule has 1 saturated carbocycles. The molecule has 0 spiro atoms. The van der Waals surface area contributed by atoms with Gasteiger partial charge in [0.25, 0.3) is 11.8 Å². The van der Waals surface area contributed by atoms with Gasteiger partial charge in [0, 0.05) is 48.0 Å². The molecule has 6 aromatic rings. The number of carbonyl (C=O) groups excluding carboxylic acids is 4. The number of carbonyl (C=O) groups is 4. The number of amides is 4. The number of anilines is 2. The van der Waals surface area contributed by atoms with Crippen molar-refractivity contribution in [2.75, 3.05) is 11.9 Å². The summed E-state index contributed by atoms with van der Waals surface area (Å²) < 4.78 is 13.6. The Morgan fingerprint density at radius 1 is 0.948 bits per heavy atom. The van der Waals surface area contributed by atoms with Crippen LogP contribution < -0.4 is 10.6 Å². The quantitative estimate of drug-likeness (QED) is 0.0773. The number of rotatable bonds is 14. The minimum atomic E-state index is -0.987. The van der Waals surface area contributed by atoms with Crippen molar-refractivity contribution in [1.29, 1.82) is 0 Å². The van der Waals surface area contributed by atoms with Gasteiger partial charge in [-0.25, -0.2) is 14.6 Å². The lowest BCUT2D eigenvalue weighted by Gasteiger charge is -2.27. The molecule has 2 aromatic carbocycles. The number of nitrogens with one attached hydrogen (secondary N) is 3. The van der Waals surface area contributed by atoms with Crippen LogP contribution in [0.15, 0.2) is 40.9 Å². The molecule has 298 valence electrons. The van der Waals surface area contributed by atoms with Crippen molar-refractivity contribution in [2.24, 2.45) is 0 Å². The van der Waals surface area contributed by atoms with Crippen LogP contribution in [0.2, 0.25) is 0 Å².